The van der Waals surface area contributed by atoms with E-state index < -0.39 is 0 Å². The smallest absolute Gasteiger partial charge is 0.241 e. The minimum absolute atomic E-state index is 0.00156. The molecular formula is C26H35N3O3. The molecule has 1 saturated heterocycles. The molecule has 0 saturated carbocycles. The minimum atomic E-state index is -0.247. The zero-order valence-corrected chi connectivity index (χ0v) is 19.7. The van der Waals surface area contributed by atoms with Crippen LogP contribution < -0.4 is 10.1 Å². The number of carbonyl (C=O) groups excluding carboxylic acids is 2. The van der Waals surface area contributed by atoms with E-state index in [2.05, 4.69) is 10.2 Å². The number of hydrogen-bond acceptors (Lipinski definition) is 4. The van der Waals surface area contributed by atoms with Gasteiger partial charge in [-0.3, -0.25) is 14.5 Å². The van der Waals surface area contributed by atoms with Crippen molar-refractivity contribution in [2.24, 2.45) is 0 Å². The topological polar surface area (TPSA) is 61.9 Å². The number of nitrogens with zero attached hydrogens (tertiary/aromatic N) is 2. The van der Waals surface area contributed by atoms with E-state index in [-0.39, 0.29) is 17.9 Å². The van der Waals surface area contributed by atoms with Crippen LogP contribution in [0.3, 0.4) is 0 Å². The zero-order valence-electron chi connectivity index (χ0n) is 19.7. The lowest BCUT2D eigenvalue weighted by atomic mass is 10.1. The summed E-state index contributed by atoms with van der Waals surface area (Å²) in [6, 6.07) is 13.6. The minimum Gasteiger partial charge on any atom is -0.497 e. The van der Waals surface area contributed by atoms with Gasteiger partial charge in [0.05, 0.1) is 13.2 Å². The number of aryl methyl sites for hydroxylation is 3. The summed E-state index contributed by atoms with van der Waals surface area (Å²) in [6.45, 7) is 8.87. The molecule has 2 amide bonds. The largest absolute Gasteiger partial charge is 0.497 e. The number of rotatable bonds is 7. The molecule has 6 heteroatoms. The molecule has 2 aromatic rings. The number of anilines is 1. The van der Waals surface area contributed by atoms with Gasteiger partial charge in [0.1, 0.15) is 5.75 Å². The van der Waals surface area contributed by atoms with E-state index in [4.69, 9.17) is 4.74 Å². The van der Waals surface area contributed by atoms with Crippen LogP contribution in [0.1, 0.15) is 36.5 Å². The van der Waals surface area contributed by atoms with Gasteiger partial charge in [0.15, 0.2) is 0 Å². The first-order valence-corrected chi connectivity index (χ1v) is 11.4. The first-order chi connectivity index (χ1) is 15.4. The number of amides is 2. The predicted molar refractivity (Wildman–Crippen MR) is 128 cm³/mol. The summed E-state index contributed by atoms with van der Waals surface area (Å²) in [5, 5.41) is 3.11. The summed E-state index contributed by atoms with van der Waals surface area (Å²) in [6.07, 6.45) is 2.09. The third-order valence-corrected chi connectivity index (χ3v) is 6.33. The van der Waals surface area contributed by atoms with Crippen LogP contribution in [0.15, 0.2) is 42.5 Å². The molecule has 1 heterocycles. The molecule has 32 heavy (non-hydrogen) atoms. The van der Waals surface area contributed by atoms with Crippen LogP contribution in [-0.4, -0.2) is 60.9 Å². The highest BCUT2D eigenvalue weighted by Crippen LogP contribution is 2.20. The van der Waals surface area contributed by atoms with Gasteiger partial charge in [-0.15, -0.1) is 0 Å². The number of hydrogen-bond donors (Lipinski definition) is 1. The Labute approximate surface area is 191 Å². The number of ether oxygens (including phenoxy) is 1. The molecule has 3 rings (SSSR count). The van der Waals surface area contributed by atoms with Crippen molar-refractivity contribution in [1.29, 1.82) is 0 Å². The Hall–Kier alpha value is -2.86. The fourth-order valence-electron chi connectivity index (χ4n) is 4.18. The highest BCUT2D eigenvalue weighted by Gasteiger charge is 2.26. The van der Waals surface area contributed by atoms with Crippen LogP contribution >= 0.6 is 0 Å². The van der Waals surface area contributed by atoms with Crippen LogP contribution in [0.4, 0.5) is 5.69 Å². The molecule has 1 fully saturated rings. The van der Waals surface area contributed by atoms with E-state index in [1.54, 1.807) is 7.11 Å². The van der Waals surface area contributed by atoms with Crippen molar-refractivity contribution in [2.45, 2.75) is 46.1 Å². The van der Waals surface area contributed by atoms with E-state index in [0.717, 1.165) is 54.1 Å². The number of nitrogens with one attached hydrogen (secondary N) is 1. The molecule has 1 aliphatic rings. The molecule has 172 valence electrons. The molecule has 0 radical (unpaired) electrons. The SMILES string of the molecule is COc1ccc(CCC(=O)N2CCCN(C(C)C(=O)Nc3c(C)cccc3C)CC2)cc1. The highest BCUT2D eigenvalue weighted by molar-refractivity contribution is 5.95. The van der Waals surface area contributed by atoms with Crippen LogP contribution in [0.25, 0.3) is 0 Å². The summed E-state index contributed by atoms with van der Waals surface area (Å²) >= 11 is 0. The van der Waals surface area contributed by atoms with Crippen LogP contribution in [-0.2, 0) is 16.0 Å². The Morgan fingerprint density at radius 1 is 1.00 bits per heavy atom. The second-order valence-corrected chi connectivity index (χ2v) is 8.55. The Morgan fingerprint density at radius 2 is 1.69 bits per heavy atom. The van der Waals surface area contributed by atoms with Crippen molar-refractivity contribution in [3.8, 4) is 5.75 Å². The zero-order chi connectivity index (χ0) is 23.1. The maximum absolute atomic E-state index is 12.9. The summed E-state index contributed by atoms with van der Waals surface area (Å²) in [5.41, 5.74) is 4.16. The van der Waals surface area contributed by atoms with E-state index >= 15 is 0 Å². The fraction of sp³-hybridized carbons (Fsp3) is 0.462. The monoisotopic (exact) mass is 437 g/mol. The summed E-state index contributed by atoms with van der Waals surface area (Å²) < 4.78 is 5.19. The Balaban J connectivity index is 1.51. The fourth-order valence-corrected chi connectivity index (χ4v) is 4.18. The third kappa shape index (κ3) is 6.10. The number of carbonyl (C=O) groups is 2. The molecule has 1 unspecified atom stereocenters. The maximum Gasteiger partial charge on any atom is 0.241 e. The van der Waals surface area contributed by atoms with Crippen LogP contribution in [0.2, 0.25) is 0 Å². The lowest BCUT2D eigenvalue weighted by Crippen LogP contribution is -2.44. The molecule has 1 N–H and O–H groups in total. The van der Waals surface area contributed by atoms with E-state index in [1.807, 2.05) is 68.1 Å². The average molecular weight is 438 g/mol. The number of benzene rings is 2. The van der Waals surface area contributed by atoms with Gasteiger partial charge in [-0.1, -0.05) is 30.3 Å². The lowest BCUT2D eigenvalue weighted by molar-refractivity contribution is -0.131. The van der Waals surface area contributed by atoms with Gasteiger partial charge in [0, 0.05) is 38.3 Å². The summed E-state index contributed by atoms with van der Waals surface area (Å²) in [7, 11) is 1.65. The molecule has 0 aliphatic carbocycles. The molecule has 0 bridgehead atoms. The predicted octanol–water partition coefficient (Wildman–Crippen LogP) is 3.81. The van der Waals surface area contributed by atoms with Gasteiger partial charge in [0.25, 0.3) is 0 Å². The number of para-hydroxylation sites is 1. The van der Waals surface area contributed by atoms with Crippen molar-refractivity contribution in [1.82, 2.24) is 9.80 Å². The summed E-state index contributed by atoms with van der Waals surface area (Å²) in [5.74, 6) is 1.00. The molecule has 1 aliphatic heterocycles. The molecular weight excluding hydrogens is 402 g/mol. The first kappa shape index (κ1) is 23.8. The summed E-state index contributed by atoms with van der Waals surface area (Å²) in [4.78, 5) is 29.8. The maximum atomic E-state index is 12.9. The Kier molecular flexibility index (Phi) is 8.28. The molecule has 2 aromatic carbocycles. The molecule has 0 aromatic heterocycles. The van der Waals surface area contributed by atoms with E-state index in [9.17, 15) is 9.59 Å². The molecule has 1 atom stereocenters. The van der Waals surface area contributed by atoms with Gasteiger partial charge < -0.3 is 15.0 Å². The lowest BCUT2D eigenvalue weighted by Gasteiger charge is -2.27. The number of methoxy groups -OCH3 is 1. The first-order valence-electron chi connectivity index (χ1n) is 11.4. The molecule has 0 spiro atoms. The van der Waals surface area contributed by atoms with Crippen molar-refractivity contribution < 1.29 is 14.3 Å². The van der Waals surface area contributed by atoms with Crippen LogP contribution in [0, 0.1) is 13.8 Å². The average Bonchev–Trinajstić information content (AvgIpc) is 3.06. The Bertz CT molecular complexity index is 906. The Morgan fingerprint density at radius 3 is 2.34 bits per heavy atom. The second-order valence-electron chi connectivity index (χ2n) is 8.55. The van der Waals surface area contributed by atoms with Crippen molar-refractivity contribution in [2.75, 3.05) is 38.6 Å². The quantitative estimate of drug-likeness (QED) is 0.716. The van der Waals surface area contributed by atoms with Crippen molar-refractivity contribution in [3.05, 3.63) is 59.2 Å². The van der Waals surface area contributed by atoms with Crippen LogP contribution in [0.5, 0.6) is 5.75 Å². The van der Waals surface area contributed by atoms with Gasteiger partial charge in [0.2, 0.25) is 11.8 Å². The van der Waals surface area contributed by atoms with E-state index in [1.165, 1.54) is 0 Å². The van der Waals surface area contributed by atoms with Gasteiger partial charge in [-0.25, -0.2) is 0 Å². The normalized spacial score (nSPS) is 15.7. The van der Waals surface area contributed by atoms with Gasteiger partial charge in [-0.2, -0.15) is 0 Å². The van der Waals surface area contributed by atoms with Gasteiger partial charge >= 0.3 is 0 Å². The van der Waals surface area contributed by atoms with Crippen molar-refractivity contribution in [3.63, 3.8) is 0 Å². The van der Waals surface area contributed by atoms with Gasteiger partial charge in [-0.05, 0) is 62.4 Å². The molecule has 6 nitrogen and oxygen atoms in total. The van der Waals surface area contributed by atoms with E-state index in [0.29, 0.717) is 19.5 Å². The highest BCUT2D eigenvalue weighted by atomic mass is 16.5. The third-order valence-electron chi connectivity index (χ3n) is 6.33. The standard InChI is InChI=1S/C26H35N3O3/c1-19-7-5-8-20(2)25(19)27-26(31)21(3)28-15-6-16-29(18-17-28)24(30)14-11-22-9-12-23(32-4)13-10-22/h5,7-10,12-13,21H,6,11,14-18H2,1-4H3,(H,27,31). The van der Waals surface area contributed by atoms with Crippen molar-refractivity contribution >= 4 is 17.5 Å². The second kappa shape index (κ2) is 11.1.